The molecule has 5 rings (SSSR count). The lowest BCUT2D eigenvalue weighted by atomic mass is 9.83. The molecule has 29 heavy (non-hydrogen) atoms. The second kappa shape index (κ2) is 7.09. The van der Waals surface area contributed by atoms with Crippen LogP contribution in [-0.4, -0.2) is 86.2 Å². The molecule has 3 aliphatic rings. The number of aliphatic hydroxyl groups excluding tert-OH is 1. The molecular formula is C22H26N4O3. The SMILES string of the molecule is O=C(c1cccnc1)N1C[C@H]2C[C@@H](O)CN2C2(CN(Cc3ccccc3O)C2)C1. The number of hydrogen-bond donors (Lipinski definition) is 2. The monoisotopic (exact) mass is 394 g/mol. The summed E-state index contributed by atoms with van der Waals surface area (Å²) < 4.78 is 0. The van der Waals surface area contributed by atoms with Crippen LogP contribution in [0.2, 0.25) is 0 Å². The first-order valence-corrected chi connectivity index (χ1v) is 10.2. The van der Waals surface area contributed by atoms with Crippen molar-refractivity contribution in [3.63, 3.8) is 0 Å². The van der Waals surface area contributed by atoms with Gasteiger partial charge in [-0.2, -0.15) is 0 Å². The average Bonchev–Trinajstić information content (AvgIpc) is 3.09. The molecule has 152 valence electrons. The molecule has 4 heterocycles. The van der Waals surface area contributed by atoms with Crippen molar-refractivity contribution < 1.29 is 15.0 Å². The number of β-amino-alcohol motifs (C(OH)–C–C–N with tert-alkyl or cyclic N) is 1. The zero-order valence-corrected chi connectivity index (χ0v) is 16.3. The van der Waals surface area contributed by atoms with E-state index in [1.54, 1.807) is 24.5 Å². The molecule has 3 saturated heterocycles. The Morgan fingerprint density at radius 1 is 1.14 bits per heavy atom. The number of phenols is 1. The number of hydrogen-bond acceptors (Lipinski definition) is 6. The number of carbonyl (C=O) groups excluding carboxylic acids is 1. The maximum absolute atomic E-state index is 13.1. The van der Waals surface area contributed by atoms with Crippen LogP contribution in [0, 0.1) is 0 Å². The summed E-state index contributed by atoms with van der Waals surface area (Å²) in [7, 11) is 0. The quantitative estimate of drug-likeness (QED) is 0.806. The van der Waals surface area contributed by atoms with Gasteiger partial charge in [0.05, 0.1) is 17.2 Å². The molecule has 1 aromatic heterocycles. The third-order valence-corrected chi connectivity index (χ3v) is 6.54. The lowest BCUT2D eigenvalue weighted by molar-refractivity contribution is -0.108. The first-order chi connectivity index (χ1) is 14.0. The maximum Gasteiger partial charge on any atom is 0.255 e. The molecule has 1 aromatic carbocycles. The summed E-state index contributed by atoms with van der Waals surface area (Å²) in [6, 6.07) is 11.2. The minimum Gasteiger partial charge on any atom is -0.508 e. The predicted molar refractivity (Wildman–Crippen MR) is 107 cm³/mol. The van der Waals surface area contributed by atoms with Gasteiger partial charge < -0.3 is 15.1 Å². The zero-order valence-electron chi connectivity index (χ0n) is 16.3. The van der Waals surface area contributed by atoms with Gasteiger partial charge in [-0.3, -0.25) is 19.6 Å². The summed E-state index contributed by atoms with van der Waals surface area (Å²) in [6.45, 7) is 4.30. The summed E-state index contributed by atoms with van der Waals surface area (Å²) in [5.41, 5.74) is 1.39. The van der Waals surface area contributed by atoms with Crippen LogP contribution < -0.4 is 0 Å². The highest BCUT2D eigenvalue weighted by molar-refractivity contribution is 5.94. The van der Waals surface area contributed by atoms with Crippen LogP contribution in [0.15, 0.2) is 48.8 Å². The van der Waals surface area contributed by atoms with Crippen molar-refractivity contribution in [3.05, 3.63) is 59.9 Å². The number of carbonyl (C=O) groups is 1. The van der Waals surface area contributed by atoms with E-state index in [9.17, 15) is 15.0 Å². The standard InChI is InChI=1S/C22H26N4O3/c27-19-8-18-11-25(21(29)16-5-3-7-23-9-16)15-22(26(18)12-19)13-24(14-22)10-17-4-1-2-6-20(17)28/h1-7,9,18-19,27-28H,8,10-15H2/t18-,19-/m1/s1. The van der Waals surface area contributed by atoms with E-state index < -0.39 is 0 Å². The Balaban J connectivity index is 1.34. The number of nitrogens with zero attached hydrogens (tertiary/aromatic N) is 4. The van der Waals surface area contributed by atoms with Crippen molar-refractivity contribution in [1.29, 1.82) is 0 Å². The van der Waals surface area contributed by atoms with E-state index in [1.165, 1.54) is 0 Å². The highest BCUT2D eigenvalue weighted by Gasteiger charge is 2.56. The van der Waals surface area contributed by atoms with E-state index in [4.69, 9.17) is 0 Å². The molecule has 2 N–H and O–H groups in total. The second-order valence-electron chi connectivity index (χ2n) is 8.62. The lowest BCUT2D eigenvalue weighted by Crippen LogP contribution is -2.78. The van der Waals surface area contributed by atoms with Crippen molar-refractivity contribution in [3.8, 4) is 5.75 Å². The summed E-state index contributed by atoms with van der Waals surface area (Å²) in [5, 5.41) is 20.4. The number of fused-ring (bicyclic) bond motifs is 2. The van der Waals surface area contributed by atoms with Crippen molar-refractivity contribution in [2.75, 3.05) is 32.7 Å². The molecule has 1 amide bonds. The molecule has 0 saturated carbocycles. The van der Waals surface area contributed by atoms with Gasteiger partial charge in [0.25, 0.3) is 5.91 Å². The maximum atomic E-state index is 13.1. The van der Waals surface area contributed by atoms with E-state index in [0.717, 1.165) is 18.7 Å². The Morgan fingerprint density at radius 2 is 1.97 bits per heavy atom. The number of piperazine rings is 1. The molecule has 1 spiro atoms. The largest absolute Gasteiger partial charge is 0.508 e. The number of aromatic nitrogens is 1. The van der Waals surface area contributed by atoms with Gasteiger partial charge in [0.2, 0.25) is 0 Å². The fourth-order valence-electron chi connectivity index (χ4n) is 5.30. The van der Waals surface area contributed by atoms with Gasteiger partial charge in [-0.05, 0) is 24.6 Å². The molecule has 2 aromatic rings. The molecular weight excluding hydrogens is 368 g/mol. The normalized spacial score (nSPS) is 26.3. The topological polar surface area (TPSA) is 80.1 Å². The van der Waals surface area contributed by atoms with Gasteiger partial charge >= 0.3 is 0 Å². The number of amides is 1. The van der Waals surface area contributed by atoms with Gasteiger partial charge in [0.15, 0.2) is 0 Å². The van der Waals surface area contributed by atoms with Crippen molar-refractivity contribution >= 4 is 5.91 Å². The second-order valence-corrected chi connectivity index (χ2v) is 8.62. The van der Waals surface area contributed by atoms with Gasteiger partial charge in [-0.15, -0.1) is 0 Å². The Morgan fingerprint density at radius 3 is 2.72 bits per heavy atom. The lowest BCUT2D eigenvalue weighted by Gasteiger charge is -2.61. The van der Waals surface area contributed by atoms with Gasteiger partial charge in [-0.1, -0.05) is 18.2 Å². The molecule has 3 fully saturated rings. The molecule has 0 aliphatic carbocycles. The van der Waals surface area contributed by atoms with Crippen molar-refractivity contribution in [1.82, 2.24) is 19.7 Å². The number of likely N-dealkylation sites (tertiary alicyclic amines) is 1. The van der Waals surface area contributed by atoms with Crippen molar-refractivity contribution in [2.45, 2.75) is 30.7 Å². The van der Waals surface area contributed by atoms with E-state index >= 15 is 0 Å². The predicted octanol–water partition coefficient (Wildman–Crippen LogP) is 0.933. The fraction of sp³-hybridized carbons (Fsp3) is 0.455. The van der Waals surface area contributed by atoms with Gasteiger partial charge in [-0.25, -0.2) is 0 Å². The number of aromatic hydroxyl groups is 1. The summed E-state index contributed by atoms with van der Waals surface area (Å²) >= 11 is 0. The highest BCUT2D eigenvalue weighted by atomic mass is 16.3. The van der Waals surface area contributed by atoms with Gasteiger partial charge in [0, 0.05) is 63.3 Å². The van der Waals surface area contributed by atoms with Crippen LogP contribution >= 0.6 is 0 Å². The minimum atomic E-state index is -0.336. The number of rotatable bonds is 3. The first kappa shape index (κ1) is 18.5. The fourth-order valence-corrected chi connectivity index (χ4v) is 5.30. The van der Waals surface area contributed by atoms with E-state index in [-0.39, 0.29) is 23.6 Å². The molecule has 3 aliphatic heterocycles. The van der Waals surface area contributed by atoms with Crippen LogP contribution in [0.3, 0.4) is 0 Å². The average molecular weight is 394 g/mol. The van der Waals surface area contributed by atoms with Gasteiger partial charge in [0.1, 0.15) is 5.75 Å². The van der Waals surface area contributed by atoms with E-state index in [1.807, 2.05) is 29.2 Å². The molecule has 0 bridgehead atoms. The summed E-state index contributed by atoms with van der Waals surface area (Å²) in [6.07, 6.45) is 3.66. The Kier molecular flexibility index (Phi) is 4.53. The summed E-state index contributed by atoms with van der Waals surface area (Å²) in [4.78, 5) is 23.8. The highest BCUT2D eigenvalue weighted by Crippen LogP contribution is 2.40. The molecule has 2 atom stereocenters. The van der Waals surface area contributed by atoms with E-state index in [2.05, 4.69) is 14.8 Å². The molecule has 7 nitrogen and oxygen atoms in total. The van der Waals surface area contributed by atoms with Crippen LogP contribution in [0.1, 0.15) is 22.3 Å². The number of benzene rings is 1. The number of aliphatic hydroxyl groups is 1. The van der Waals surface area contributed by atoms with Crippen LogP contribution in [0.4, 0.5) is 0 Å². The van der Waals surface area contributed by atoms with Crippen molar-refractivity contribution in [2.24, 2.45) is 0 Å². The zero-order chi connectivity index (χ0) is 20.0. The summed E-state index contributed by atoms with van der Waals surface area (Å²) in [5.74, 6) is 0.331. The number of phenolic OH excluding ortho intramolecular Hbond substituents is 1. The van der Waals surface area contributed by atoms with Crippen LogP contribution in [0.5, 0.6) is 5.75 Å². The molecule has 7 heteroatoms. The third kappa shape index (κ3) is 3.29. The molecule has 0 radical (unpaired) electrons. The van der Waals surface area contributed by atoms with E-state index in [0.29, 0.717) is 43.9 Å². The first-order valence-electron chi connectivity index (χ1n) is 10.2. The Labute approximate surface area is 170 Å². The Bertz CT molecular complexity index is 900. The number of pyridine rings is 1. The molecule has 0 unspecified atom stereocenters. The van der Waals surface area contributed by atoms with Crippen LogP contribution in [-0.2, 0) is 6.54 Å². The Hall–Kier alpha value is -2.48. The minimum absolute atomic E-state index is 0.0117. The van der Waals surface area contributed by atoms with Crippen LogP contribution in [0.25, 0.3) is 0 Å². The number of para-hydroxylation sites is 1. The third-order valence-electron chi connectivity index (χ3n) is 6.54. The smallest absolute Gasteiger partial charge is 0.255 e.